The van der Waals surface area contributed by atoms with Crippen LogP contribution in [0.15, 0.2) is 64.6 Å². The normalized spacial score (nSPS) is 11.0. The first-order valence-electron chi connectivity index (χ1n) is 8.67. The molecule has 0 atom stereocenters. The second kappa shape index (κ2) is 8.83. The molecule has 136 valence electrons. The van der Waals surface area contributed by atoms with Crippen LogP contribution in [0.3, 0.4) is 0 Å². The lowest BCUT2D eigenvalue weighted by Crippen LogP contribution is -2.38. The maximum absolute atomic E-state index is 12.9. The zero-order chi connectivity index (χ0) is 18.4. The van der Waals surface area contributed by atoms with E-state index in [1.165, 1.54) is 10.4 Å². The van der Waals surface area contributed by atoms with Crippen LogP contribution in [0.5, 0.6) is 0 Å². The van der Waals surface area contributed by atoms with Crippen molar-refractivity contribution in [1.29, 1.82) is 0 Å². The van der Waals surface area contributed by atoms with Crippen LogP contribution in [0.4, 0.5) is 0 Å². The van der Waals surface area contributed by atoms with Crippen LogP contribution in [-0.2, 0) is 24.4 Å². The highest BCUT2D eigenvalue weighted by atomic mass is 32.1. The van der Waals surface area contributed by atoms with Crippen LogP contribution in [0.25, 0.3) is 0 Å². The van der Waals surface area contributed by atoms with Crippen LogP contribution < -0.4 is 0 Å². The van der Waals surface area contributed by atoms with Gasteiger partial charge >= 0.3 is 0 Å². The van der Waals surface area contributed by atoms with Gasteiger partial charge in [0.25, 0.3) is 0 Å². The summed E-state index contributed by atoms with van der Waals surface area (Å²) in [6.45, 7) is 4.33. The van der Waals surface area contributed by atoms with Crippen molar-refractivity contribution in [2.75, 3.05) is 13.6 Å². The second-order valence-corrected chi connectivity index (χ2v) is 7.51. The number of carbonyl (C=O) groups is 1. The third kappa shape index (κ3) is 5.07. The van der Waals surface area contributed by atoms with Gasteiger partial charge in [0, 0.05) is 18.0 Å². The maximum atomic E-state index is 12.9. The Morgan fingerprint density at radius 1 is 1.04 bits per heavy atom. The smallest absolute Gasteiger partial charge is 0.237 e. The van der Waals surface area contributed by atoms with Crippen molar-refractivity contribution < 1.29 is 9.21 Å². The summed E-state index contributed by atoms with van der Waals surface area (Å²) in [5, 5.41) is 2.10. The van der Waals surface area contributed by atoms with Gasteiger partial charge in [-0.05, 0) is 48.7 Å². The van der Waals surface area contributed by atoms with Gasteiger partial charge in [0.1, 0.15) is 5.76 Å². The highest BCUT2D eigenvalue weighted by Gasteiger charge is 2.18. The zero-order valence-corrected chi connectivity index (χ0v) is 16.0. The van der Waals surface area contributed by atoms with Crippen LogP contribution >= 0.6 is 11.3 Å². The maximum Gasteiger partial charge on any atom is 0.237 e. The van der Waals surface area contributed by atoms with E-state index in [9.17, 15) is 4.79 Å². The number of aryl methyl sites for hydroxylation is 1. The molecule has 0 saturated carbocycles. The Morgan fingerprint density at radius 2 is 1.85 bits per heavy atom. The lowest BCUT2D eigenvalue weighted by Gasteiger charge is -2.25. The molecule has 0 spiro atoms. The number of carbonyl (C=O) groups excluding carboxylic acids is 1. The van der Waals surface area contributed by atoms with Gasteiger partial charge in [-0.2, -0.15) is 0 Å². The van der Waals surface area contributed by atoms with Gasteiger partial charge in [-0.3, -0.25) is 9.69 Å². The second-order valence-electron chi connectivity index (χ2n) is 6.51. The van der Waals surface area contributed by atoms with Crippen molar-refractivity contribution in [3.05, 3.63) is 81.9 Å². The van der Waals surface area contributed by atoms with Crippen LogP contribution in [0.2, 0.25) is 0 Å². The molecule has 0 fully saturated rings. The number of hydrogen-bond donors (Lipinski definition) is 0. The van der Waals surface area contributed by atoms with Crippen LogP contribution in [0, 0.1) is 6.92 Å². The Bertz CT molecular complexity index is 812. The summed E-state index contributed by atoms with van der Waals surface area (Å²) in [5.41, 5.74) is 2.40. The molecule has 0 N–H and O–H groups in total. The Hall–Kier alpha value is -2.37. The van der Waals surface area contributed by atoms with E-state index >= 15 is 0 Å². The quantitative estimate of drug-likeness (QED) is 0.594. The monoisotopic (exact) mass is 368 g/mol. The molecule has 3 rings (SSSR count). The minimum atomic E-state index is 0.0990. The molecule has 0 aliphatic carbocycles. The lowest BCUT2D eigenvalue weighted by molar-refractivity contribution is -0.133. The molecule has 0 aliphatic heterocycles. The molecule has 0 saturated heterocycles. The van der Waals surface area contributed by atoms with Crippen molar-refractivity contribution in [1.82, 2.24) is 9.80 Å². The van der Waals surface area contributed by atoms with E-state index in [1.807, 2.05) is 54.4 Å². The van der Waals surface area contributed by atoms with E-state index in [-0.39, 0.29) is 5.91 Å². The van der Waals surface area contributed by atoms with Gasteiger partial charge in [-0.25, -0.2) is 0 Å². The summed E-state index contributed by atoms with van der Waals surface area (Å²) in [6.07, 6.45) is 1.65. The molecule has 1 amide bonds. The van der Waals surface area contributed by atoms with Gasteiger partial charge in [0.2, 0.25) is 5.91 Å². The van der Waals surface area contributed by atoms with Gasteiger partial charge in [-0.1, -0.05) is 30.3 Å². The van der Waals surface area contributed by atoms with E-state index in [4.69, 9.17) is 4.42 Å². The van der Waals surface area contributed by atoms with E-state index in [0.717, 1.165) is 17.9 Å². The SMILES string of the molecule is Cc1ccsc1CN(C)CC(=O)N(Cc1ccccc1)Cc1ccco1. The largest absolute Gasteiger partial charge is 0.467 e. The third-order valence-corrected chi connectivity index (χ3v) is 5.29. The van der Waals surface area contributed by atoms with Crippen molar-refractivity contribution in [2.24, 2.45) is 0 Å². The summed E-state index contributed by atoms with van der Waals surface area (Å²) >= 11 is 1.74. The first-order valence-corrected chi connectivity index (χ1v) is 9.55. The molecule has 0 unspecified atom stereocenters. The lowest BCUT2D eigenvalue weighted by atomic mass is 10.2. The molecular weight excluding hydrogens is 344 g/mol. The van der Waals surface area contributed by atoms with Gasteiger partial charge in [0.05, 0.1) is 19.4 Å². The van der Waals surface area contributed by atoms with Crippen molar-refractivity contribution in [3.8, 4) is 0 Å². The number of benzene rings is 1. The van der Waals surface area contributed by atoms with E-state index in [1.54, 1.807) is 17.6 Å². The fourth-order valence-electron chi connectivity index (χ4n) is 2.82. The Balaban J connectivity index is 1.66. The van der Waals surface area contributed by atoms with Crippen molar-refractivity contribution in [2.45, 2.75) is 26.6 Å². The molecule has 3 aromatic rings. The zero-order valence-electron chi connectivity index (χ0n) is 15.2. The number of likely N-dealkylation sites (N-methyl/N-ethyl adjacent to an activating group) is 1. The highest BCUT2D eigenvalue weighted by Crippen LogP contribution is 2.17. The Labute approximate surface area is 158 Å². The van der Waals surface area contributed by atoms with Crippen LogP contribution in [-0.4, -0.2) is 29.3 Å². The molecule has 1 aromatic carbocycles. The predicted octanol–water partition coefficient (Wildman–Crippen LogP) is 4.31. The minimum absolute atomic E-state index is 0.0990. The van der Waals surface area contributed by atoms with Gasteiger partial charge in [-0.15, -0.1) is 11.3 Å². The number of hydrogen-bond acceptors (Lipinski definition) is 4. The number of nitrogens with zero attached hydrogens (tertiary/aromatic N) is 2. The molecule has 0 radical (unpaired) electrons. The summed E-state index contributed by atoms with van der Waals surface area (Å²) in [6, 6.07) is 15.9. The molecule has 0 aliphatic rings. The average Bonchev–Trinajstić information content (AvgIpc) is 3.27. The highest BCUT2D eigenvalue weighted by molar-refractivity contribution is 7.10. The van der Waals surface area contributed by atoms with E-state index < -0.39 is 0 Å². The molecule has 4 nitrogen and oxygen atoms in total. The van der Waals surface area contributed by atoms with Crippen molar-refractivity contribution in [3.63, 3.8) is 0 Å². The summed E-state index contributed by atoms with van der Waals surface area (Å²) in [4.78, 5) is 18.2. The average molecular weight is 369 g/mol. The molecule has 2 aromatic heterocycles. The number of rotatable bonds is 8. The molecule has 5 heteroatoms. The first-order chi connectivity index (χ1) is 12.6. The molecular formula is C21H24N2O2S. The van der Waals surface area contributed by atoms with E-state index in [0.29, 0.717) is 19.6 Å². The molecule has 2 heterocycles. The summed E-state index contributed by atoms with van der Waals surface area (Å²) in [5.74, 6) is 0.896. The Morgan fingerprint density at radius 3 is 2.50 bits per heavy atom. The predicted molar refractivity (Wildman–Crippen MR) is 105 cm³/mol. The number of amides is 1. The standard InChI is InChI=1S/C21H24N2O2S/c1-17-10-12-26-20(17)15-22(2)16-21(24)23(14-19-9-6-11-25-19)13-18-7-4-3-5-8-18/h3-12H,13-16H2,1-2H3. The fourth-order valence-corrected chi connectivity index (χ4v) is 3.81. The van der Waals surface area contributed by atoms with E-state index in [2.05, 4.69) is 23.3 Å². The van der Waals surface area contributed by atoms with Crippen LogP contribution in [0.1, 0.15) is 21.8 Å². The van der Waals surface area contributed by atoms with Gasteiger partial charge < -0.3 is 9.32 Å². The summed E-state index contributed by atoms with van der Waals surface area (Å²) in [7, 11) is 1.99. The molecule has 0 bridgehead atoms. The first kappa shape index (κ1) is 18.4. The third-order valence-electron chi connectivity index (χ3n) is 4.28. The minimum Gasteiger partial charge on any atom is -0.467 e. The van der Waals surface area contributed by atoms with Crippen molar-refractivity contribution >= 4 is 17.2 Å². The fraction of sp³-hybridized carbons (Fsp3) is 0.286. The number of furan rings is 1. The summed E-state index contributed by atoms with van der Waals surface area (Å²) < 4.78 is 5.45. The molecule has 26 heavy (non-hydrogen) atoms. The van der Waals surface area contributed by atoms with Gasteiger partial charge in [0.15, 0.2) is 0 Å². The topological polar surface area (TPSA) is 36.7 Å². The Kier molecular flexibility index (Phi) is 6.26. The number of thiophene rings is 1.